The Bertz CT molecular complexity index is 447. The van der Waals surface area contributed by atoms with E-state index < -0.39 is 12.1 Å². The standard InChI is InChI=1S/C13H19N3O3/c1-19-12-9(5-4-6-15-12)11(17)10(14)13(18)16-7-2-3-8-16/h4-6,10-11,17H,2-3,7-8,14H2,1H3/t10-,11+/m1/s1. The van der Waals surface area contributed by atoms with Gasteiger partial charge in [0.2, 0.25) is 11.8 Å². The van der Waals surface area contributed by atoms with E-state index in [1.54, 1.807) is 23.2 Å². The van der Waals surface area contributed by atoms with Gasteiger partial charge in [-0.25, -0.2) is 4.98 Å². The lowest BCUT2D eigenvalue weighted by Gasteiger charge is -2.24. The molecule has 0 unspecified atom stereocenters. The molecule has 0 radical (unpaired) electrons. The molecule has 1 aliphatic rings. The second kappa shape index (κ2) is 5.99. The average molecular weight is 265 g/mol. The number of hydrogen-bond donors (Lipinski definition) is 2. The number of rotatable bonds is 4. The van der Waals surface area contributed by atoms with Gasteiger partial charge < -0.3 is 20.5 Å². The summed E-state index contributed by atoms with van der Waals surface area (Å²) in [5, 5.41) is 10.2. The third kappa shape index (κ3) is 2.85. The first-order chi connectivity index (χ1) is 9.15. The second-order valence-electron chi connectivity index (χ2n) is 4.60. The number of carbonyl (C=O) groups is 1. The summed E-state index contributed by atoms with van der Waals surface area (Å²) in [6.45, 7) is 1.42. The van der Waals surface area contributed by atoms with Crippen LogP contribution < -0.4 is 10.5 Å². The van der Waals surface area contributed by atoms with Crippen molar-refractivity contribution in [3.63, 3.8) is 0 Å². The van der Waals surface area contributed by atoms with Crippen molar-refractivity contribution in [2.45, 2.75) is 25.0 Å². The average Bonchev–Trinajstić information content (AvgIpc) is 2.99. The highest BCUT2D eigenvalue weighted by Crippen LogP contribution is 2.25. The fourth-order valence-electron chi connectivity index (χ4n) is 2.28. The summed E-state index contributed by atoms with van der Waals surface area (Å²) in [5.74, 6) is 0.0654. The SMILES string of the molecule is COc1ncccc1[C@H](O)[C@@H](N)C(=O)N1CCCC1. The Morgan fingerprint density at radius 3 is 2.84 bits per heavy atom. The molecule has 19 heavy (non-hydrogen) atoms. The molecule has 2 atom stereocenters. The Balaban J connectivity index is 2.13. The fraction of sp³-hybridized carbons (Fsp3) is 0.538. The quantitative estimate of drug-likeness (QED) is 0.804. The summed E-state index contributed by atoms with van der Waals surface area (Å²) >= 11 is 0. The summed E-state index contributed by atoms with van der Waals surface area (Å²) in [6.07, 6.45) is 2.43. The van der Waals surface area contributed by atoms with Crippen LogP contribution in [0.4, 0.5) is 0 Å². The molecule has 1 aliphatic heterocycles. The van der Waals surface area contributed by atoms with E-state index in [1.165, 1.54) is 7.11 Å². The predicted molar refractivity (Wildman–Crippen MR) is 69.5 cm³/mol. The van der Waals surface area contributed by atoms with Gasteiger partial charge in [-0.15, -0.1) is 0 Å². The normalized spacial score (nSPS) is 18.2. The van der Waals surface area contributed by atoms with Gasteiger partial charge in [0.15, 0.2) is 0 Å². The third-order valence-corrected chi connectivity index (χ3v) is 3.36. The van der Waals surface area contributed by atoms with Gasteiger partial charge in [-0.3, -0.25) is 4.79 Å². The molecule has 1 amide bonds. The number of nitrogens with zero attached hydrogens (tertiary/aromatic N) is 2. The summed E-state index contributed by atoms with van der Waals surface area (Å²) < 4.78 is 5.07. The van der Waals surface area contributed by atoms with Gasteiger partial charge in [-0.05, 0) is 25.0 Å². The van der Waals surface area contributed by atoms with E-state index in [9.17, 15) is 9.90 Å². The van der Waals surface area contributed by atoms with E-state index in [-0.39, 0.29) is 5.91 Å². The maximum atomic E-state index is 12.1. The van der Waals surface area contributed by atoms with Gasteiger partial charge in [-0.2, -0.15) is 0 Å². The molecule has 1 saturated heterocycles. The van der Waals surface area contributed by atoms with Crippen molar-refractivity contribution in [2.75, 3.05) is 20.2 Å². The Kier molecular flexibility index (Phi) is 4.34. The molecule has 0 aromatic carbocycles. The van der Waals surface area contributed by atoms with Gasteiger partial charge in [0.1, 0.15) is 12.1 Å². The summed E-state index contributed by atoms with van der Waals surface area (Å²) in [7, 11) is 1.46. The van der Waals surface area contributed by atoms with E-state index in [0.29, 0.717) is 24.5 Å². The number of carbonyl (C=O) groups excluding carboxylic acids is 1. The number of aliphatic hydroxyl groups is 1. The molecule has 6 nitrogen and oxygen atoms in total. The zero-order chi connectivity index (χ0) is 13.8. The van der Waals surface area contributed by atoms with E-state index in [2.05, 4.69) is 4.98 Å². The van der Waals surface area contributed by atoms with Crippen LogP contribution in [0.15, 0.2) is 18.3 Å². The third-order valence-electron chi connectivity index (χ3n) is 3.36. The molecule has 0 aliphatic carbocycles. The first-order valence-corrected chi connectivity index (χ1v) is 6.36. The fourth-order valence-corrected chi connectivity index (χ4v) is 2.28. The highest BCUT2D eigenvalue weighted by molar-refractivity contribution is 5.82. The lowest BCUT2D eigenvalue weighted by molar-refractivity contribution is -0.134. The maximum Gasteiger partial charge on any atom is 0.242 e. The number of pyridine rings is 1. The first kappa shape index (κ1) is 13.8. The minimum absolute atomic E-state index is 0.226. The number of aromatic nitrogens is 1. The lowest BCUT2D eigenvalue weighted by Crippen LogP contribution is -2.46. The molecule has 104 valence electrons. The summed E-state index contributed by atoms with van der Waals surface area (Å²) in [6, 6.07) is 2.35. The number of aliphatic hydroxyl groups excluding tert-OH is 1. The molecule has 2 rings (SSSR count). The monoisotopic (exact) mass is 265 g/mol. The van der Waals surface area contributed by atoms with E-state index in [4.69, 9.17) is 10.5 Å². The second-order valence-corrected chi connectivity index (χ2v) is 4.60. The van der Waals surface area contributed by atoms with Crippen LogP contribution in [-0.2, 0) is 4.79 Å². The number of nitrogens with two attached hydrogens (primary N) is 1. The Morgan fingerprint density at radius 1 is 1.53 bits per heavy atom. The van der Waals surface area contributed by atoms with Crippen molar-refractivity contribution in [1.29, 1.82) is 0 Å². The van der Waals surface area contributed by atoms with E-state index >= 15 is 0 Å². The van der Waals surface area contributed by atoms with Crippen LogP contribution in [0, 0.1) is 0 Å². The lowest BCUT2D eigenvalue weighted by atomic mass is 10.0. The summed E-state index contributed by atoms with van der Waals surface area (Å²) in [5.41, 5.74) is 6.31. The highest BCUT2D eigenvalue weighted by atomic mass is 16.5. The van der Waals surface area contributed by atoms with Crippen LogP contribution in [0.25, 0.3) is 0 Å². The first-order valence-electron chi connectivity index (χ1n) is 6.36. The van der Waals surface area contributed by atoms with E-state index in [1.807, 2.05) is 0 Å². The van der Waals surface area contributed by atoms with E-state index in [0.717, 1.165) is 12.8 Å². The van der Waals surface area contributed by atoms with Crippen molar-refractivity contribution in [1.82, 2.24) is 9.88 Å². The molecular weight excluding hydrogens is 246 g/mol. The molecule has 0 spiro atoms. The van der Waals surface area contributed by atoms with Crippen molar-refractivity contribution >= 4 is 5.91 Å². The number of amides is 1. The van der Waals surface area contributed by atoms with Crippen molar-refractivity contribution in [3.8, 4) is 5.88 Å². The van der Waals surface area contributed by atoms with Crippen LogP contribution in [0.5, 0.6) is 5.88 Å². The number of likely N-dealkylation sites (tertiary alicyclic amines) is 1. The Labute approximate surface area is 112 Å². The Hall–Kier alpha value is -1.66. The zero-order valence-corrected chi connectivity index (χ0v) is 11.0. The highest BCUT2D eigenvalue weighted by Gasteiger charge is 2.31. The van der Waals surface area contributed by atoms with Crippen molar-refractivity contribution in [3.05, 3.63) is 23.9 Å². The van der Waals surface area contributed by atoms with Crippen LogP contribution in [0.3, 0.4) is 0 Å². The van der Waals surface area contributed by atoms with Gasteiger partial charge in [0.05, 0.1) is 7.11 Å². The van der Waals surface area contributed by atoms with Crippen molar-refractivity contribution < 1.29 is 14.6 Å². The van der Waals surface area contributed by atoms with Crippen LogP contribution >= 0.6 is 0 Å². The largest absolute Gasteiger partial charge is 0.481 e. The van der Waals surface area contributed by atoms with Gasteiger partial charge >= 0.3 is 0 Å². The maximum absolute atomic E-state index is 12.1. The number of methoxy groups -OCH3 is 1. The topological polar surface area (TPSA) is 88.7 Å². The predicted octanol–water partition coefficient (Wildman–Crippen LogP) is 0.0733. The molecule has 0 saturated carbocycles. The molecule has 1 fully saturated rings. The van der Waals surface area contributed by atoms with Crippen molar-refractivity contribution in [2.24, 2.45) is 5.73 Å². The molecular formula is C13H19N3O3. The zero-order valence-electron chi connectivity index (χ0n) is 11.0. The smallest absolute Gasteiger partial charge is 0.242 e. The van der Waals surface area contributed by atoms with Gasteiger partial charge in [0.25, 0.3) is 0 Å². The minimum atomic E-state index is -1.11. The van der Waals surface area contributed by atoms with Crippen LogP contribution in [-0.4, -0.2) is 47.1 Å². The molecule has 0 bridgehead atoms. The van der Waals surface area contributed by atoms with Gasteiger partial charge in [-0.1, -0.05) is 0 Å². The molecule has 3 N–H and O–H groups in total. The Morgan fingerprint density at radius 2 is 2.21 bits per heavy atom. The molecule has 2 heterocycles. The number of ether oxygens (including phenoxy) is 1. The minimum Gasteiger partial charge on any atom is -0.481 e. The van der Waals surface area contributed by atoms with Gasteiger partial charge in [0, 0.05) is 24.8 Å². The van der Waals surface area contributed by atoms with Crippen LogP contribution in [0.2, 0.25) is 0 Å². The molecule has 1 aromatic heterocycles. The summed E-state index contributed by atoms with van der Waals surface area (Å²) in [4.78, 5) is 17.8. The number of hydrogen-bond acceptors (Lipinski definition) is 5. The van der Waals surface area contributed by atoms with Crippen LogP contribution in [0.1, 0.15) is 24.5 Å². The molecule has 6 heteroatoms. The molecule has 1 aromatic rings.